The third-order valence-corrected chi connectivity index (χ3v) is 2.45. The number of aromatic nitrogens is 3. The molecule has 0 unspecified atom stereocenters. The Morgan fingerprint density at radius 2 is 1.75 bits per heavy atom. The van der Waals surface area contributed by atoms with Gasteiger partial charge in [0.2, 0.25) is 5.78 Å². The molecule has 0 aliphatic heterocycles. The van der Waals surface area contributed by atoms with Crippen LogP contribution >= 0.6 is 0 Å². The van der Waals surface area contributed by atoms with Crippen LogP contribution in [-0.4, -0.2) is 14.4 Å². The maximum Gasteiger partial charge on any atom is 0.234 e. The molecule has 16 heavy (non-hydrogen) atoms. The van der Waals surface area contributed by atoms with Crippen molar-refractivity contribution in [2.24, 2.45) is 0 Å². The van der Waals surface area contributed by atoms with Gasteiger partial charge in [-0.15, -0.1) is 0 Å². The third kappa shape index (κ3) is 1.32. The summed E-state index contributed by atoms with van der Waals surface area (Å²) in [6, 6.07) is 10.0. The molecule has 4 heteroatoms. The molecule has 0 spiro atoms. The Morgan fingerprint density at radius 3 is 2.56 bits per heavy atom. The molecule has 2 heterocycles. The molecule has 0 saturated heterocycles. The van der Waals surface area contributed by atoms with E-state index in [-0.39, 0.29) is 0 Å². The molecule has 0 radical (unpaired) electrons. The lowest BCUT2D eigenvalue weighted by Gasteiger charge is -2.01. The van der Waals surface area contributed by atoms with Crippen LogP contribution in [0.5, 0.6) is 0 Å². The van der Waals surface area contributed by atoms with Crippen molar-refractivity contribution in [1.82, 2.24) is 14.4 Å². The van der Waals surface area contributed by atoms with E-state index in [0.717, 1.165) is 11.3 Å². The van der Waals surface area contributed by atoms with Crippen molar-refractivity contribution >= 4 is 11.5 Å². The first-order chi connectivity index (χ1) is 7.84. The first-order valence-corrected chi connectivity index (χ1v) is 4.98. The van der Waals surface area contributed by atoms with E-state index in [9.17, 15) is 0 Å². The number of rotatable bonds is 1. The molecule has 1 aromatic carbocycles. The number of nitrogen functional groups attached to an aromatic ring is 1. The lowest BCUT2D eigenvalue weighted by molar-refractivity contribution is 1.12. The van der Waals surface area contributed by atoms with E-state index in [4.69, 9.17) is 5.73 Å². The van der Waals surface area contributed by atoms with Gasteiger partial charge in [-0.25, -0.2) is 9.97 Å². The van der Waals surface area contributed by atoms with Gasteiger partial charge < -0.3 is 5.73 Å². The van der Waals surface area contributed by atoms with Gasteiger partial charge in [-0.05, 0) is 0 Å². The maximum atomic E-state index is 5.72. The zero-order valence-corrected chi connectivity index (χ0v) is 8.54. The van der Waals surface area contributed by atoms with E-state index < -0.39 is 0 Å². The van der Waals surface area contributed by atoms with Gasteiger partial charge in [0.15, 0.2) is 0 Å². The lowest BCUT2D eigenvalue weighted by Crippen LogP contribution is -1.94. The van der Waals surface area contributed by atoms with E-state index in [1.54, 1.807) is 12.4 Å². The summed E-state index contributed by atoms with van der Waals surface area (Å²) in [5, 5.41) is 0. The number of anilines is 1. The Labute approximate surface area is 92.4 Å². The molecule has 78 valence electrons. The van der Waals surface area contributed by atoms with Gasteiger partial charge in [-0.3, -0.25) is 4.40 Å². The number of nitrogens with zero attached hydrogens (tertiary/aromatic N) is 3. The third-order valence-electron chi connectivity index (χ3n) is 2.45. The summed E-state index contributed by atoms with van der Waals surface area (Å²) in [5.41, 5.74) is 8.44. The van der Waals surface area contributed by atoms with Crippen molar-refractivity contribution in [2.75, 3.05) is 5.73 Å². The topological polar surface area (TPSA) is 56.2 Å². The molecule has 0 fully saturated rings. The summed E-state index contributed by atoms with van der Waals surface area (Å²) in [6.07, 6.45) is 5.24. The van der Waals surface area contributed by atoms with Gasteiger partial charge in [0, 0.05) is 11.8 Å². The van der Waals surface area contributed by atoms with Crippen molar-refractivity contribution in [2.45, 2.75) is 0 Å². The van der Waals surface area contributed by atoms with Crippen LogP contribution < -0.4 is 5.73 Å². The van der Waals surface area contributed by atoms with Gasteiger partial charge in [0.05, 0.1) is 23.8 Å². The fraction of sp³-hybridized carbons (Fsp3) is 0. The molecule has 3 rings (SSSR count). The monoisotopic (exact) mass is 210 g/mol. The zero-order chi connectivity index (χ0) is 11.0. The highest BCUT2D eigenvalue weighted by molar-refractivity contribution is 5.62. The predicted octanol–water partition coefficient (Wildman–Crippen LogP) is 1.98. The summed E-state index contributed by atoms with van der Waals surface area (Å²) < 4.78 is 1.89. The lowest BCUT2D eigenvalue weighted by atomic mass is 10.2. The van der Waals surface area contributed by atoms with Crippen molar-refractivity contribution in [1.29, 1.82) is 0 Å². The van der Waals surface area contributed by atoms with Crippen molar-refractivity contribution < 1.29 is 0 Å². The Hall–Kier alpha value is -2.36. The molecule has 0 atom stereocenters. The SMILES string of the molecule is Nc1cnc2ncc(-c3ccccc3)n2c1. The summed E-state index contributed by atoms with van der Waals surface area (Å²) in [4.78, 5) is 8.39. The number of imidazole rings is 1. The number of fused-ring (bicyclic) bond motifs is 1. The van der Waals surface area contributed by atoms with E-state index in [1.807, 2.05) is 40.9 Å². The summed E-state index contributed by atoms with van der Waals surface area (Å²) >= 11 is 0. The van der Waals surface area contributed by atoms with Crippen molar-refractivity contribution in [3.8, 4) is 11.3 Å². The molecular weight excluding hydrogens is 200 g/mol. The highest BCUT2D eigenvalue weighted by Gasteiger charge is 2.05. The molecule has 2 N–H and O–H groups in total. The van der Waals surface area contributed by atoms with Crippen LogP contribution in [0.4, 0.5) is 5.69 Å². The fourth-order valence-corrected chi connectivity index (χ4v) is 1.71. The standard InChI is InChI=1S/C12H10N4/c13-10-6-14-12-15-7-11(16(12)8-10)9-4-2-1-3-5-9/h1-8H,13H2. The average molecular weight is 210 g/mol. The molecule has 0 saturated carbocycles. The highest BCUT2D eigenvalue weighted by Crippen LogP contribution is 2.20. The molecule has 0 aliphatic rings. The second kappa shape index (κ2) is 3.34. The minimum atomic E-state index is 0.627. The van der Waals surface area contributed by atoms with Crippen molar-refractivity contribution in [3.05, 3.63) is 48.9 Å². The minimum absolute atomic E-state index is 0.627. The molecular formula is C12H10N4. The summed E-state index contributed by atoms with van der Waals surface area (Å²) in [5.74, 6) is 0.660. The number of hydrogen-bond acceptors (Lipinski definition) is 3. The second-order valence-corrected chi connectivity index (χ2v) is 3.57. The van der Waals surface area contributed by atoms with Crippen molar-refractivity contribution in [3.63, 3.8) is 0 Å². The minimum Gasteiger partial charge on any atom is -0.396 e. The predicted molar refractivity (Wildman–Crippen MR) is 62.8 cm³/mol. The normalized spacial score (nSPS) is 10.8. The van der Waals surface area contributed by atoms with Gasteiger partial charge in [0.1, 0.15) is 0 Å². The summed E-state index contributed by atoms with van der Waals surface area (Å²) in [6.45, 7) is 0. The molecule has 3 aromatic rings. The Bertz CT molecular complexity index is 628. The Balaban J connectivity index is 2.29. The quantitative estimate of drug-likeness (QED) is 0.668. The highest BCUT2D eigenvalue weighted by atomic mass is 15.1. The van der Waals surface area contributed by atoms with E-state index >= 15 is 0 Å². The van der Waals surface area contributed by atoms with E-state index in [2.05, 4.69) is 9.97 Å². The van der Waals surface area contributed by atoms with Crippen LogP contribution in [-0.2, 0) is 0 Å². The second-order valence-electron chi connectivity index (χ2n) is 3.57. The van der Waals surface area contributed by atoms with Gasteiger partial charge in [-0.2, -0.15) is 0 Å². The molecule has 0 aliphatic carbocycles. The van der Waals surface area contributed by atoms with Crippen LogP contribution in [0.1, 0.15) is 0 Å². The summed E-state index contributed by atoms with van der Waals surface area (Å²) in [7, 11) is 0. The molecule has 0 bridgehead atoms. The number of benzene rings is 1. The molecule has 2 aromatic heterocycles. The molecule has 0 amide bonds. The van der Waals surface area contributed by atoms with E-state index in [0.29, 0.717) is 11.5 Å². The van der Waals surface area contributed by atoms with Crippen LogP contribution in [0.25, 0.3) is 17.0 Å². The van der Waals surface area contributed by atoms with Gasteiger partial charge in [0.25, 0.3) is 0 Å². The van der Waals surface area contributed by atoms with E-state index in [1.165, 1.54) is 0 Å². The average Bonchev–Trinajstić information content (AvgIpc) is 2.73. The van der Waals surface area contributed by atoms with Crippen LogP contribution in [0.2, 0.25) is 0 Å². The maximum absolute atomic E-state index is 5.72. The van der Waals surface area contributed by atoms with Crippen LogP contribution in [0, 0.1) is 0 Å². The van der Waals surface area contributed by atoms with Gasteiger partial charge >= 0.3 is 0 Å². The molecule has 4 nitrogen and oxygen atoms in total. The smallest absolute Gasteiger partial charge is 0.234 e. The number of nitrogens with two attached hydrogens (primary N) is 1. The Morgan fingerprint density at radius 1 is 1.00 bits per heavy atom. The van der Waals surface area contributed by atoms with Crippen LogP contribution in [0.15, 0.2) is 48.9 Å². The zero-order valence-electron chi connectivity index (χ0n) is 8.54. The fourth-order valence-electron chi connectivity index (χ4n) is 1.71. The first-order valence-electron chi connectivity index (χ1n) is 4.98. The Kier molecular flexibility index (Phi) is 1.86. The van der Waals surface area contributed by atoms with Crippen LogP contribution in [0.3, 0.4) is 0 Å². The number of hydrogen-bond donors (Lipinski definition) is 1. The van der Waals surface area contributed by atoms with Gasteiger partial charge in [-0.1, -0.05) is 30.3 Å². The largest absolute Gasteiger partial charge is 0.396 e. The first kappa shape index (κ1) is 8.91.